The van der Waals surface area contributed by atoms with E-state index in [2.05, 4.69) is 20.9 Å². The lowest BCUT2D eigenvalue weighted by Crippen LogP contribution is -2.16. The first kappa shape index (κ1) is 11.8. The van der Waals surface area contributed by atoms with Gasteiger partial charge in [0.1, 0.15) is 8.30 Å². The van der Waals surface area contributed by atoms with Crippen LogP contribution in [0.5, 0.6) is 0 Å². The van der Waals surface area contributed by atoms with E-state index in [9.17, 15) is 13.6 Å². The minimum Gasteiger partial charge on any atom is -0.366 e. The summed E-state index contributed by atoms with van der Waals surface area (Å²) in [5.41, 5.74) is 4.30. The van der Waals surface area contributed by atoms with Gasteiger partial charge in [0, 0.05) is 5.56 Å². The molecule has 1 heterocycles. The number of carbonyl (C=O) groups is 1. The van der Waals surface area contributed by atoms with Gasteiger partial charge in [-0.05, 0) is 44.6 Å². The predicted molar refractivity (Wildman–Crippen MR) is 58.1 cm³/mol. The quantitative estimate of drug-likeness (QED) is 0.636. The molecular weight excluding hydrogens is 373 g/mol. The van der Waals surface area contributed by atoms with Gasteiger partial charge in [-0.1, -0.05) is 0 Å². The zero-order valence-electron chi connectivity index (χ0n) is 6.60. The number of hydrogen-bond donors (Lipinski definition) is 1. The molecule has 1 rings (SSSR count). The van der Waals surface area contributed by atoms with Crippen LogP contribution >= 0.6 is 38.5 Å². The predicted octanol–water partition coefficient (Wildman–Crippen LogP) is 2.49. The van der Waals surface area contributed by atoms with Gasteiger partial charge >= 0.3 is 0 Å². The molecule has 1 amide bonds. The first-order chi connectivity index (χ1) is 6.43. The van der Waals surface area contributed by atoms with Crippen molar-refractivity contribution in [2.24, 2.45) is 5.73 Å². The van der Waals surface area contributed by atoms with Crippen LogP contribution in [0.2, 0.25) is 0 Å². The van der Waals surface area contributed by atoms with Gasteiger partial charge in [-0.15, -0.1) is 0 Å². The van der Waals surface area contributed by atoms with Gasteiger partial charge in [0.25, 0.3) is 12.3 Å². The number of amides is 1. The fourth-order valence-electron chi connectivity index (χ4n) is 0.918. The second kappa shape index (κ2) is 4.47. The zero-order valence-corrected chi connectivity index (χ0v) is 10.3. The number of rotatable bonds is 2. The average Bonchev–Trinajstić information content (AvgIpc) is 2.01. The van der Waals surface area contributed by atoms with Gasteiger partial charge in [-0.2, -0.15) is 0 Å². The van der Waals surface area contributed by atoms with Crippen LogP contribution in [0.15, 0.2) is 10.7 Å². The molecule has 1 aromatic rings. The SMILES string of the molecule is NC(=O)c1c(C(F)F)cc(I)nc1Br. The molecule has 0 aliphatic rings. The zero-order chi connectivity index (χ0) is 10.9. The third kappa shape index (κ3) is 2.38. The molecule has 3 nitrogen and oxygen atoms in total. The van der Waals surface area contributed by atoms with E-state index in [-0.39, 0.29) is 10.2 Å². The molecule has 0 saturated carbocycles. The summed E-state index contributed by atoms with van der Waals surface area (Å²) in [6, 6.07) is 1.14. The molecule has 7 heteroatoms. The van der Waals surface area contributed by atoms with E-state index in [0.29, 0.717) is 3.70 Å². The van der Waals surface area contributed by atoms with Gasteiger partial charge < -0.3 is 5.73 Å². The van der Waals surface area contributed by atoms with Gasteiger partial charge in [0.05, 0.1) is 5.56 Å². The van der Waals surface area contributed by atoms with E-state index in [4.69, 9.17) is 5.73 Å². The number of pyridine rings is 1. The van der Waals surface area contributed by atoms with Crippen molar-refractivity contribution in [1.29, 1.82) is 0 Å². The van der Waals surface area contributed by atoms with Crippen LogP contribution < -0.4 is 5.73 Å². The van der Waals surface area contributed by atoms with E-state index in [0.717, 1.165) is 6.07 Å². The highest BCUT2D eigenvalue weighted by Gasteiger charge is 2.21. The summed E-state index contributed by atoms with van der Waals surface area (Å²) in [5, 5.41) is 0. The number of aromatic nitrogens is 1. The fourth-order valence-corrected chi connectivity index (χ4v) is 2.44. The Kier molecular flexibility index (Phi) is 3.76. The Bertz CT molecular complexity index is 386. The van der Waals surface area contributed by atoms with Crippen molar-refractivity contribution >= 4 is 44.4 Å². The largest absolute Gasteiger partial charge is 0.366 e. The first-order valence-electron chi connectivity index (χ1n) is 3.37. The van der Waals surface area contributed by atoms with E-state index in [1.165, 1.54) is 0 Å². The minimum atomic E-state index is -2.75. The number of primary amides is 1. The number of alkyl halides is 2. The Morgan fingerprint density at radius 3 is 2.64 bits per heavy atom. The van der Waals surface area contributed by atoms with Crippen molar-refractivity contribution in [3.63, 3.8) is 0 Å². The second-order valence-electron chi connectivity index (χ2n) is 2.36. The smallest absolute Gasteiger partial charge is 0.264 e. The Morgan fingerprint density at radius 2 is 2.21 bits per heavy atom. The van der Waals surface area contributed by atoms with Crippen LogP contribution in [0.4, 0.5) is 8.78 Å². The highest BCUT2D eigenvalue weighted by atomic mass is 127. The first-order valence-corrected chi connectivity index (χ1v) is 5.24. The molecule has 0 bridgehead atoms. The van der Waals surface area contributed by atoms with E-state index in [1.807, 2.05) is 0 Å². The third-order valence-electron chi connectivity index (χ3n) is 1.46. The van der Waals surface area contributed by atoms with Crippen LogP contribution in [-0.4, -0.2) is 10.9 Å². The summed E-state index contributed by atoms with van der Waals surface area (Å²) >= 11 is 4.69. The van der Waals surface area contributed by atoms with Gasteiger partial charge in [0.15, 0.2) is 0 Å². The Hall–Kier alpha value is -0.310. The minimum absolute atomic E-state index is 0.0483. The molecule has 0 spiro atoms. The lowest BCUT2D eigenvalue weighted by molar-refractivity contribution is 0.0984. The average molecular weight is 377 g/mol. The molecule has 0 aromatic carbocycles. The molecule has 0 saturated heterocycles. The van der Waals surface area contributed by atoms with E-state index >= 15 is 0 Å². The topological polar surface area (TPSA) is 56.0 Å². The highest BCUT2D eigenvalue weighted by molar-refractivity contribution is 14.1. The summed E-state index contributed by atoms with van der Waals surface area (Å²) in [5.74, 6) is -0.920. The van der Waals surface area contributed by atoms with E-state index in [1.54, 1.807) is 22.6 Å². The van der Waals surface area contributed by atoms with Gasteiger partial charge in [-0.25, -0.2) is 13.8 Å². The highest BCUT2D eigenvalue weighted by Crippen LogP contribution is 2.28. The summed E-state index contributed by atoms with van der Waals surface area (Å²) in [7, 11) is 0. The number of carbonyl (C=O) groups excluding carboxylic acids is 1. The Balaban J connectivity index is 3.44. The normalized spacial score (nSPS) is 10.6. The van der Waals surface area contributed by atoms with Crippen LogP contribution in [0.3, 0.4) is 0 Å². The maximum Gasteiger partial charge on any atom is 0.264 e. The number of nitrogens with two attached hydrogens (primary N) is 1. The Labute approximate surface area is 100 Å². The van der Waals surface area contributed by atoms with Crippen molar-refractivity contribution < 1.29 is 13.6 Å². The molecule has 2 N–H and O–H groups in total. The summed E-state index contributed by atoms with van der Waals surface area (Å²) < 4.78 is 25.4. The van der Waals surface area contributed by atoms with E-state index < -0.39 is 17.9 Å². The van der Waals surface area contributed by atoms with Crippen molar-refractivity contribution in [1.82, 2.24) is 4.98 Å². The molecule has 1 aromatic heterocycles. The molecule has 0 atom stereocenters. The molecule has 0 fully saturated rings. The Morgan fingerprint density at radius 1 is 1.64 bits per heavy atom. The van der Waals surface area contributed by atoms with Crippen molar-refractivity contribution in [2.45, 2.75) is 6.43 Å². The van der Waals surface area contributed by atoms with Crippen LogP contribution in [0.25, 0.3) is 0 Å². The number of halogens is 4. The number of nitrogens with zero attached hydrogens (tertiary/aromatic N) is 1. The molecule has 0 aliphatic heterocycles. The van der Waals surface area contributed by atoms with Crippen LogP contribution in [0, 0.1) is 3.70 Å². The molecule has 0 radical (unpaired) electrons. The third-order valence-corrected chi connectivity index (χ3v) is 2.58. The molecule has 14 heavy (non-hydrogen) atoms. The second-order valence-corrected chi connectivity index (χ2v) is 4.22. The van der Waals surface area contributed by atoms with Crippen molar-refractivity contribution in [2.75, 3.05) is 0 Å². The maximum atomic E-state index is 12.5. The molecule has 0 aliphatic carbocycles. The van der Waals surface area contributed by atoms with Crippen molar-refractivity contribution in [3.8, 4) is 0 Å². The summed E-state index contributed by atoms with van der Waals surface area (Å²) in [6.45, 7) is 0. The monoisotopic (exact) mass is 376 g/mol. The standard InChI is InChI=1S/C7H4BrF2IN2O/c8-5-4(7(12)14)2(6(9)10)1-3(11)13-5/h1,6H,(H2,12,14). The summed E-state index contributed by atoms with van der Waals surface area (Å²) in [6.07, 6.45) is -2.75. The molecule has 76 valence electrons. The van der Waals surface area contributed by atoms with Crippen molar-refractivity contribution in [3.05, 3.63) is 25.5 Å². The lowest BCUT2D eigenvalue weighted by atomic mass is 10.1. The van der Waals surface area contributed by atoms with Gasteiger partial charge in [0.2, 0.25) is 0 Å². The van der Waals surface area contributed by atoms with Gasteiger partial charge in [-0.3, -0.25) is 4.79 Å². The maximum absolute atomic E-state index is 12.5. The fraction of sp³-hybridized carbons (Fsp3) is 0.143. The van der Waals surface area contributed by atoms with Crippen LogP contribution in [-0.2, 0) is 0 Å². The summed E-state index contributed by atoms with van der Waals surface area (Å²) in [4.78, 5) is 14.7. The lowest BCUT2D eigenvalue weighted by Gasteiger charge is -2.07. The molecular formula is C7H4BrF2IN2O. The molecule has 0 unspecified atom stereocenters. The number of hydrogen-bond acceptors (Lipinski definition) is 2. The van der Waals surface area contributed by atoms with Crippen LogP contribution in [0.1, 0.15) is 22.3 Å².